The van der Waals surface area contributed by atoms with E-state index < -0.39 is 11.7 Å². The van der Waals surface area contributed by atoms with Crippen LogP contribution in [-0.4, -0.2) is 61.7 Å². The Bertz CT molecular complexity index is 791. The van der Waals surface area contributed by atoms with Crippen LogP contribution >= 0.6 is 0 Å². The van der Waals surface area contributed by atoms with E-state index in [0.717, 1.165) is 24.2 Å². The fraction of sp³-hybridized carbons (Fsp3) is 0.542. The van der Waals surface area contributed by atoms with Gasteiger partial charge in [-0.2, -0.15) is 0 Å². The maximum atomic E-state index is 12.4. The third kappa shape index (κ3) is 9.41. The SMILES string of the molecule is COc1ccc(/C=C/C(=O)N2CCC(CNC(=O)CCNC(=O)OC(C)(C)C)CC2)cc1. The first kappa shape index (κ1) is 25.2. The number of nitrogens with zero attached hydrogens (tertiary/aromatic N) is 1. The van der Waals surface area contributed by atoms with E-state index in [1.807, 2.05) is 29.2 Å². The third-order valence-corrected chi connectivity index (χ3v) is 5.07. The van der Waals surface area contributed by atoms with Crippen LogP contribution in [0.5, 0.6) is 5.75 Å². The topological polar surface area (TPSA) is 97.0 Å². The van der Waals surface area contributed by atoms with E-state index in [-0.39, 0.29) is 24.8 Å². The third-order valence-electron chi connectivity index (χ3n) is 5.07. The van der Waals surface area contributed by atoms with Gasteiger partial charge in [0.1, 0.15) is 11.4 Å². The molecule has 32 heavy (non-hydrogen) atoms. The zero-order chi connectivity index (χ0) is 23.6. The molecule has 0 aliphatic carbocycles. The second-order valence-corrected chi connectivity index (χ2v) is 8.86. The zero-order valence-corrected chi connectivity index (χ0v) is 19.5. The number of piperidine rings is 1. The van der Waals surface area contributed by atoms with Crippen molar-refractivity contribution in [3.8, 4) is 5.75 Å². The molecule has 0 bridgehead atoms. The number of likely N-dealkylation sites (tertiary alicyclic amines) is 1. The molecule has 1 heterocycles. The van der Waals surface area contributed by atoms with Crippen molar-refractivity contribution in [1.82, 2.24) is 15.5 Å². The van der Waals surface area contributed by atoms with Crippen LogP contribution < -0.4 is 15.4 Å². The second-order valence-electron chi connectivity index (χ2n) is 8.86. The molecule has 2 N–H and O–H groups in total. The standard InChI is InChI=1S/C24H35N3O5/c1-24(2,3)32-23(30)25-14-11-21(28)26-17-19-12-15-27(16-13-19)22(29)10-7-18-5-8-20(31-4)9-6-18/h5-10,19H,11-17H2,1-4H3,(H,25,30)(H,26,28)/b10-7+. The molecule has 1 aromatic carbocycles. The van der Waals surface area contributed by atoms with Crippen LogP contribution in [-0.2, 0) is 14.3 Å². The summed E-state index contributed by atoms with van der Waals surface area (Å²) in [4.78, 5) is 37.8. The summed E-state index contributed by atoms with van der Waals surface area (Å²) in [6.07, 6.45) is 4.77. The highest BCUT2D eigenvalue weighted by molar-refractivity contribution is 5.91. The minimum absolute atomic E-state index is 0.00322. The summed E-state index contributed by atoms with van der Waals surface area (Å²) in [5.41, 5.74) is 0.381. The van der Waals surface area contributed by atoms with Crippen LogP contribution in [0.4, 0.5) is 4.79 Å². The van der Waals surface area contributed by atoms with Gasteiger partial charge in [-0.25, -0.2) is 4.79 Å². The summed E-state index contributed by atoms with van der Waals surface area (Å²) >= 11 is 0. The Balaban J connectivity index is 1.62. The number of methoxy groups -OCH3 is 1. The fourth-order valence-electron chi connectivity index (χ4n) is 3.28. The second kappa shape index (κ2) is 12.1. The molecule has 1 fully saturated rings. The highest BCUT2D eigenvalue weighted by Crippen LogP contribution is 2.17. The van der Waals surface area contributed by atoms with Crippen molar-refractivity contribution in [2.75, 3.05) is 33.3 Å². The van der Waals surface area contributed by atoms with E-state index in [9.17, 15) is 14.4 Å². The van der Waals surface area contributed by atoms with Crippen molar-refractivity contribution in [2.24, 2.45) is 5.92 Å². The molecule has 8 nitrogen and oxygen atoms in total. The monoisotopic (exact) mass is 445 g/mol. The molecule has 1 aliphatic heterocycles. The molecule has 0 unspecified atom stereocenters. The first-order chi connectivity index (χ1) is 15.2. The van der Waals surface area contributed by atoms with Gasteiger partial charge in [-0.3, -0.25) is 9.59 Å². The number of ether oxygens (including phenoxy) is 2. The smallest absolute Gasteiger partial charge is 0.407 e. The normalized spacial score (nSPS) is 14.8. The largest absolute Gasteiger partial charge is 0.497 e. The Morgan fingerprint density at radius 3 is 2.34 bits per heavy atom. The van der Waals surface area contributed by atoms with Crippen LogP contribution in [0.3, 0.4) is 0 Å². The number of hydrogen-bond donors (Lipinski definition) is 2. The molecule has 3 amide bonds. The lowest BCUT2D eigenvalue weighted by molar-refractivity contribution is -0.127. The molecular weight excluding hydrogens is 410 g/mol. The van der Waals surface area contributed by atoms with Gasteiger partial charge in [0, 0.05) is 38.7 Å². The molecule has 0 radical (unpaired) electrons. The average Bonchev–Trinajstić information content (AvgIpc) is 2.75. The van der Waals surface area contributed by atoms with Gasteiger partial charge in [0.2, 0.25) is 11.8 Å². The number of benzene rings is 1. The van der Waals surface area contributed by atoms with Gasteiger partial charge in [0.05, 0.1) is 7.11 Å². The van der Waals surface area contributed by atoms with Crippen LogP contribution in [0, 0.1) is 5.92 Å². The molecule has 176 valence electrons. The maximum absolute atomic E-state index is 12.4. The molecule has 1 saturated heterocycles. The van der Waals surface area contributed by atoms with E-state index in [1.54, 1.807) is 40.0 Å². The minimum Gasteiger partial charge on any atom is -0.497 e. The van der Waals surface area contributed by atoms with Crippen LogP contribution in [0.15, 0.2) is 30.3 Å². The first-order valence-corrected chi connectivity index (χ1v) is 11.0. The molecule has 8 heteroatoms. The summed E-state index contributed by atoms with van der Waals surface area (Å²) in [5, 5.41) is 5.49. The van der Waals surface area contributed by atoms with E-state index >= 15 is 0 Å². The summed E-state index contributed by atoms with van der Waals surface area (Å²) in [5.74, 6) is 1.01. The van der Waals surface area contributed by atoms with Crippen molar-refractivity contribution < 1.29 is 23.9 Å². The van der Waals surface area contributed by atoms with E-state index in [0.29, 0.717) is 25.6 Å². The number of alkyl carbamates (subject to hydrolysis) is 1. The van der Waals surface area contributed by atoms with Gasteiger partial charge < -0.3 is 25.0 Å². The predicted molar refractivity (Wildman–Crippen MR) is 123 cm³/mol. The Hall–Kier alpha value is -3.03. The summed E-state index contributed by atoms with van der Waals surface area (Å²) in [7, 11) is 1.62. The van der Waals surface area contributed by atoms with Gasteiger partial charge in [-0.1, -0.05) is 12.1 Å². The Morgan fingerprint density at radius 2 is 1.75 bits per heavy atom. The van der Waals surface area contributed by atoms with Crippen molar-refractivity contribution >= 4 is 24.0 Å². The minimum atomic E-state index is -0.561. The quantitative estimate of drug-likeness (QED) is 0.600. The highest BCUT2D eigenvalue weighted by Gasteiger charge is 2.22. The molecule has 1 aliphatic rings. The van der Waals surface area contributed by atoms with Crippen molar-refractivity contribution in [2.45, 2.75) is 45.6 Å². The molecule has 0 saturated carbocycles. The summed E-state index contributed by atoms with van der Waals surface area (Å²) in [6, 6.07) is 7.52. The molecule has 2 rings (SSSR count). The van der Waals surface area contributed by atoms with Crippen LogP contribution in [0.2, 0.25) is 0 Å². The van der Waals surface area contributed by atoms with E-state index in [4.69, 9.17) is 9.47 Å². The number of carbonyl (C=O) groups is 3. The van der Waals surface area contributed by atoms with Crippen LogP contribution in [0.25, 0.3) is 6.08 Å². The van der Waals surface area contributed by atoms with Crippen molar-refractivity contribution in [3.05, 3.63) is 35.9 Å². The van der Waals surface area contributed by atoms with Crippen molar-refractivity contribution in [3.63, 3.8) is 0 Å². The Labute approximate surface area is 190 Å². The summed E-state index contributed by atoms with van der Waals surface area (Å²) < 4.78 is 10.3. The lowest BCUT2D eigenvalue weighted by Crippen LogP contribution is -2.41. The number of carbonyl (C=O) groups excluding carboxylic acids is 3. The average molecular weight is 446 g/mol. The van der Waals surface area contributed by atoms with Gasteiger partial charge >= 0.3 is 6.09 Å². The number of rotatable bonds is 8. The maximum Gasteiger partial charge on any atom is 0.407 e. The van der Waals surface area contributed by atoms with Crippen LogP contribution in [0.1, 0.15) is 45.6 Å². The zero-order valence-electron chi connectivity index (χ0n) is 19.5. The number of nitrogens with one attached hydrogen (secondary N) is 2. The lowest BCUT2D eigenvalue weighted by Gasteiger charge is -2.31. The molecule has 0 atom stereocenters. The van der Waals surface area contributed by atoms with E-state index in [1.165, 1.54) is 0 Å². The highest BCUT2D eigenvalue weighted by atomic mass is 16.6. The molecule has 0 spiro atoms. The number of amides is 3. The predicted octanol–water partition coefficient (Wildman–Crippen LogP) is 2.98. The lowest BCUT2D eigenvalue weighted by atomic mass is 9.96. The molecule has 1 aromatic rings. The Kier molecular flexibility index (Phi) is 9.56. The molecule has 0 aromatic heterocycles. The molecular formula is C24H35N3O5. The Morgan fingerprint density at radius 1 is 1.09 bits per heavy atom. The van der Waals surface area contributed by atoms with Crippen molar-refractivity contribution in [1.29, 1.82) is 0 Å². The first-order valence-electron chi connectivity index (χ1n) is 11.0. The van der Waals surface area contributed by atoms with Gasteiger partial charge in [0.25, 0.3) is 0 Å². The van der Waals surface area contributed by atoms with Gasteiger partial charge in [-0.15, -0.1) is 0 Å². The van der Waals surface area contributed by atoms with Gasteiger partial charge in [0.15, 0.2) is 0 Å². The number of hydrogen-bond acceptors (Lipinski definition) is 5. The van der Waals surface area contributed by atoms with E-state index in [2.05, 4.69) is 10.6 Å². The van der Waals surface area contributed by atoms with Gasteiger partial charge in [-0.05, 0) is 63.3 Å². The summed E-state index contributed by atoms with van der Waals surface area (Å²) in [6.45, 7) is 7.52. The fourth-order valence-corrected chi connectivity index (χ4v) is 3.28.